The molecular formula is C16H27NO2. The molecule has 1 aromatic rings. The van der Waals surface area contributed by atoms with Gasteiger partial charge in [-0.25, -0.2) is 0 Å². The molecule has 3 heteroatoms. The van der Waals surface area contributed by atoms with E-state index in [0.717, 1.165) is 29.9 Å². The van der Waals surface area contributed by atoms with Crippen LogP contribution in [0.5, 0.6) is 11.5 Å². The predicted molar refractivity (Wildman–Crippen MR) is 80.0 cm³/mol. The summed E-state index contributed by atoms with van der Waals surface area (Å²) < 4.78 is 11.0. The molecule has 1 unspecified atom stereocenters. The largest absolute Gasteiger partial charge is 0.496 e. The number of ether oxygens (including phenoxy) is 2. The van der Waals surface area contributed by atoms with Gasteiger partial charge in [-0.15, -0.1) is 0 Å². The van der Waals surface area contributed by atoms with Crippen LogP contribution >= 0.6 is 0 Å². The highest BCUT2D eigenvalue weighted by Crippen LogP contribution is 2.37. The summed E-state index contributed by atoms with van der Waals surface area (Å²) >= 11 is 0. The first kappa shape index (κ1) is 15.8. The molecule has 0 aliphatic heterocycles. The lowest BCUT2D eigenvalue weighted by Gasteiger charge is -2.25. The van der Waals surface area contributed by atoms with Crippen molar-refractivity contribution in [2.75, 3.05) is 21.3 Å². The highest BCUT2D eigenvalue weighted by molar-refractivity contribution is 5.47. The Morgan fingerprint density at radius 3 is 2.00 bits per heavy atom. The molecule has 1 atom stereocenters. The Balaban J connectivity index is 3.02. The van der Waals surface area contributed by atoms with Gasteiger partial charge in [0.25, 0.3) is 0 Å². The molecule has 0 heterocycles. The van der Waals surface area contributed by atoms with Gasteiger partial charge in [0.1, 0.15) is 11.5 Å². The van der Waals surface area contributed by atoms with Crippen LogP contribution in [0.4, 0.5) is 0 Å². The highest BCUT2D eigenvalue weighted by Gasteiger charge is 2.21. The van der Waals surface area contributed by atoms with Crippen molar-refractivity contribution in [1.82, 2.24) is 5.32 Å². The molecule has 0 saturated carbocycles. The van der Waals surface area contributed by atoms with E-state index in [0.29, 0.717) is 5.41 Å². The normalized spacial score (nSPS) is 13.2. The van der Waals surface area contributed by atoms with Crippen molar-refractivity contribution in [2.45, 2.75) is 39.7 Å². The Morgan fingerprint density at radius 2 is 1.63 bits per heavy atom. The Kier molecular flexibility index (Phi) is 5.67. The Hall–Kier alpha value is -1.22. The molecule has 108 valence electrons. The summed E-state index contributed by atoms with van der Waals surface area (Å²) in [6, 6.07) is 6.17. The van der Waals surface area contributed by atoms with Gasteiger partial charge in [-0.1, -0.05) is 26.8 Å². The van der Waals surface area contributed by atoms with Crippen molar-refractivity contribution in [3.05, 3.63) is 23.8 Å². The first-order valence-electron chi connectivity index (χ1n) is 6.81. The molecule has 0 aliphatic rings. The minimum Gasteiger partial charge on any atom is -0.496 e. The molecule has 0 fully saturated rings. The Morgan fingerprint density at radius 1 is 1.11 bits per heavy atom. The van der Waals surface area contributed by atoms with Crippen LogP contribution in [0.25, 0.3) is 0 Å². The summed E-state index contributed by atoms with van der Waals surface area (Å²) in [6.07, 6.45) is 2.19. The van der Waals surface area contributed by atoms with Crippen LogP contribution < -0.4 is 14.8 Å². The maximum absolute atomic E-state index is 5.48. The third kappa shape index (κ3) is 4.43. The minimum absolute atomic E-state index is 0.241. The van der Waals surface area contributed by atoms with E-state index < -0.39 is 0 Å². The van der Waals surface area contributed by atoms with Crippen molar-refractivity contribution < 1.29 is 9.47 Å². The number of hydrogen-bond acceptors (Lipinski definition) is 3. The average molecular weight is 265 g/mol. The maximum atomic E-state index is 5.48. The topological polar surface area (TPSA) is 30.5 Å². The van der Waals surface area contributed by atoms with Crippen LogP contribution in [-0.4, -0.2) is 21.3 Å². The van der Waals surface area contributed by atoms with Gasteiger partial charge in [0, 0.05) is 6.04 Å². The molecule has 1 aromatic carbocycles. The predicted octanol–water partition coefficient (Wildman–Crippen LogP) is 3.79. The molecular weight excluding hydrogens is 238 g/mol. The van der Waals surface area contributed by atoms with Crippen LogP contribution in [0.1, 0.15) is 45.2 Å². The van der Waals surface area contributed by atoms with Gasteiger partial charge in [0.15, 0.2) is 0 Å². The van der Waals surface area contributed by atoms with E-state index >= 15 is 0 Å². The fraction of sp³-hybridized carbons (Fsp3) is 0.625. The number of nitrogens with one attached hydrogen (secondary N) is 1. The maximum Gasteiger partial charge on any atom is 0.127 e. The van der Waals surface area contributed by atoms with E-state index in [2.05, 4.69) is 26.1 Å². The molecule has 1 rings (SSSR count). The number of methoxy groups -OCH3 is 2. The smallest absolute Gasteiger partial charge is 0.127 e. The first-order valence-corrected chi connectivity index (χ1v) is 6.81. The molecule has 0 saturated heterocycles. The van der Waals surface area contributed by atoms with Crippen molar-refractivity contribution in [2.24, 2.45) is 5.41 Å². The van der Waals surface area contributed by atoms with Gasteiger partial charge in [0.05, 0.1) is 19.8 Å². The van der Waals surface area contributed by atoms with Crippen LogP contribution in [0, 0.1) is 5.41 Å². The molecule has 19 heavy (non-hydrogen) atoms. The molecule has 0 bridgehead atoms. The van der Waals surface area contributed by atoms with Crippen molar-refractivity contribution in [3.8, 4) is 11.5 Å². The Bertz CT molecular complexity index is 374. The van der Waals surface area contributed by atoms with Crippen molar-refractivity contribution in [3.63, 3.8) is 0 Å². The van der Waals surface area contributed by atoms with Crippen LogP contribution in [0.3, 0.4) is 0 Å². The molecule has 0 radical (unpaired) electrons. The lowest BCUT2D eigenvalue weighted by Crippen LogP contribution is -2.20. The standard InChI is InChI=1S/C16H27NO2/c1-16(2,3)11-10-12(17-4)15-13(18-5)8-7-9-14(15)19-6/h7-9,12,17H,10-11H2,1-6H3. The zero-order valence-corrected chi connectivity index (χ0v) is 13.0. The Labute approximate surface area is 117 Å². The summed E-state index contributed by atoms with van der Waals surface area (Å²) in [4.78, 5) is 0. The number of rotatable bonds is 6. The van der Waals surface area contributed by atoms with Gasteiger partial charge in [0.2, 0.25) is 0 Å². The van der Waals surface area contributed by atoms with E-state index in [4.69, 9.17) is 9.47 Å². The second-order valence-corrected chi connectivity index (χ2v) is 6.02. The van der Waals surface area contributed by atoms with Gasteiger partial charge < -0.3 is 14.8 Å². The molecule has 0 aromatic heterocycles. The fourth-order valence-corrected chi connectivity index (χ4v) is 2.23. The third-order valence-electron chi connectivity index (χ3n) is 3.35. The third-order valence-corrected chi connectivity index (χ3v) is 3.35. The molecule has 3 nitrogen and oxygen atoms in total. The highest BCUT2D eigenvalue weighted by atomic mass is 16.5. The lowest BCUT2D eigenvalue weighted by molar-refractivity contribution is 0.323. The average Bonchev–Trinajstić information content (AvgIpc) is 2.38. The van der Waals surface area contributed by atoms with Crippen LogP contribution in [0.2, 0.25) is 0 Å². The summed E-state index contributed by atoms with van der Waals surface area (Å²) in [5.74, 6) is 1.76. The van der Waals surface area contributed by atoms with E-state index in [1.165, 1.54) is 0 Å². The van der Waals surface area contributed by atoms with Crippen molar-refractivity contribution in [1.29, 1.82) is 0 Å². The zero-order chi connectivity index (χ0) is 14.5. The lowest BCUT2D eigenvalue weighted by atomic mass is 9.87. The number of benzene rings is 1. The molecule has 1 N–H and O–H groups in total. The van der Waals surface area contributed by atoms with E-state index in [-0.39, 0.29) is 6.04 Å². The second-order valence-electron chi connectivity index (χ2n) is 6.02. The monoisotopic (exact) mass is 265 g/mol. The van der Waals surface area contributed by atoms with Gasteiger partial charge in [-0.05, 0) is 37.4 Å². The fourth-order valence-electron chi connectivity index (χ4n) is 2.23. The summed E-state index contributed by atoms with van der Waals surface area (Å²) in [6.45, 7) is 6.79. The zero-order valence-electron chi connectivity index (χ0n) is 13.0. The van der Waals surface area contributed by atoms with Crippen LogP contribution in [0.15, 0.2) is 18.2 Å². The SMILES string of the molecule is CNC(CCC(C)(C)C)c1c(OC)cccc1OC. The van der Waals surface area contributed by atoms with E-state index in [1.54, 1.807) is 14.2 Å². The van der Waals surface area contributed by atoms with E-state index in [1.807, 2.05) is 25.2 Å². The van der Waals surface area contributed by atoms with Crippen molar-refractivity contribution >= 4 is 0 Å². The number of hydrogen-bond donors (Lipinski definition) is 1. The molecule has 0 spiro atoms. The summed E-state index contributed by atoms with van der Waals surface area (Å²) in [5.41, 5.74) is 1.43. The molecule has 0 aliphatic carbocycles. The van der Waals surface area contributed by atoms with E-state index in [9.17, 15) is 0 Å². The van der Waals surface area contributed by atoms with Gasteiger partial charge in [-0.3, -0.25) is 0 Å². The van der Waals surface area contributed by atoms with Gasteiger partial charge in [-0.2, -0.15) is 0 Å². The summed E-state index contributed by atoms with van der Waals surface area (Å²) in [5, 5.41) is 3.38. The first-order chi connectivity index (χ1) is 8.92. The summed E-state index contributed by atoms with van der Waals surface area (Å²) in [7, 11) is 5.39. The van der Waals surface area contributed by atoms with Crippen LogP contribution in [-0.2, 0) is 0 Å². The second kappa shape index (κ2) is 6.80. The minimum atomic E-state index is 0.241. The molecule has 0 amide bonds. The quantitative estimate of drug-likeness (QED) is 0.849. The van der Waals surface area contributed by atoms with Gasteiger partial charge >= 0.3 is 0 Å².